The van der Waals surface area contributed by atoms with Gasteiger partial charge in [-0.3, -0.25) is 9.59 Å². The fourth-order valence-electron chi connectivity index (χ4n) is 3.54. The summed E-state index contributed by atoms with van der Waals surface area (Å²) in [6.07, 6.45) is 4.99. The van der Waals surface area contributed by atoms with Crippen LogP contribution in [0.15, 0.2) is 58.8 Å². The summed E-state index contributed by atoms with van der Waals surface area (Å²) in [7, 11) is 0. The molecule has 2 N–H and O–H groups in total. The largest absolute Gasteiger partial charge is 0.465 e. The van der Waals surface area contributed by atoms with E-state index in [1.165, 1.54) is 6.26 Å². The molecule has 7 heteroatoms. The highest BCUT2D eigenvalue weighted by Gasteiger charge is 2.16. The quantitative estimate of drug-likeness (QED) is 0.453. The number of rotatable bonds is 10. The molecular formula is C24H32N4O3. The van der Waals surface area contributed by atoms with Crippen molar-refractivity contribution in [2.24, 2.45) is 0 Å². The molecule has 7 nitrogen and oxygen atoms in total. The molecule has 1 aliphatic heterocycles. The standard InChI is InChI=1S/C24H32N4O3/c1-2-27-14-16-28(17-15-27)13-7-6-12-25-24(30)22(19-21-11-8-18-31-21)26-23(29)20-9-4-3-5-10-20/h3-5,8-11,18-19H,2,6-7,12-17H2,1H3,(H,25,30)(H,26,29)/b22-19-. The monoisotopic (exact) mass is 424 g/mol. The van der Waals surface area contributed by atoms with Gasteiger partial charge in [0, 0.05) is 44.4 Å². The molecular weight excluding hydrogens is 392 g/mol. The fourth-order valence-corrected chi connectivity index (χ4v) is 3.54. The highest BCUT2D eigenvalue weighted by molar-refractivity contribution is 6.05. The van der Waals surface area contributed by atoms with Gasteiger partial charge in [-0.1, -0.05) is 25.1 Å². The van der Waals surface area contributed by atoms with Crippen LogP contribution in [0.4, 0.5) is 0 Å². The minimum atomic E-state index is -0.334. The number of benzene rings is 1. The molecule has 1 aromatic heterocycles. The van der Waals surface area contributed by atoms with Gasteiger partial charge in [-0.05, 0) is 50.2 Å². The summed E-state index contributed by atoms with van der Waals surface area (Å²) in [5.41, 5.74) is 0.656. The number of unbranched alkanes of at least 4 members (excludes halogenated alkanes) is 1. The van der Waals surface area contributed by atoms with Gasteiger partial charge in [0.15, 0.2) is 0 Å². The number of nitrogens with zero attached hydrogens (tertiary/aromatic N) is 2. The molecule has 0 bridgehead atoms. The summed E-state index contributed by atoms with van der Waals surface area (Å²) in [4.78, 5) is 30.2. The Morgan fingerprint density at radius 1 is 1.00 bits per heavy atom. The number of carbonyl (C=O) groups is 2. The first-order valence-electron chi connectivity index (χ1n) is 11.0. The van der Waals surface area contributed by atoms with E-state index in [-0.39, 0.29) is 17.5 Å². The van der Waals surface area contributed by atoms with Crippen LogP contribution in [0, 0.1) is 0 Å². The number of nitrogens with one attached hydrogen (secondary N) is 2. The lowest BCUT2D eigenvalue weighted by atomic mass is 10.2. The lowest BCUT2D eigenvalue weighted by molar-refractivity contribution is -0.117. The van der Waals surface area contributed by atoms with E-state index >= 15 is 0 Å². The van der Waals surface area contributed by atoms with Crippen molar-refractivity contribution in [2.75, 3.05) is 45.8 Å². The van der Waals surface area contributed by atoms with Gasteiger partial charge in [-0.2, -0.15) is 0 Å². The van der Waals surface area contributed by atoms with E-state index in [4.69, 9.17) is 4.42 Å². The molecule has 31 heavy (non-hydrogen) atoms. The van der Waals surface area contributed by atoms with E-state index in [2.05, 4.69) is 27.4 Å². The lowest BCUT2D eigenvalue weighted by Crippen LogP contribution is -2.46. The second kappa shape index (κ2) is 12.1. The molecule has 1 aromatic carbocycles. The van der Waals surface area contributed by atoms with Gasteiger partial charge < -0.3 is 24.9 Å². The summed E-state index contributed by atoms with van der Waals surface area (Å²) in [6.45, 7) is 9.43. The van der Waals surface area contributed by atoms with Crippen molar-refractivity contribution in [1.82, 2.24) is 20.4 Å². The van der Waals surface area contributed by atoms with E-state index < -0.39 is 0 Å². The molecule has 1 fully saturated rings. The maximum atomic E-state index is 12.7. The normalized spacial score (nSPS) is 15.6. The van der Waals surface area contributed by atoms with E-state index in [1.54, 1.807) is 42.5 Å². The van der Waals surface area contributed by atoms with Crippen LogP contribution >= 0.6 is 0 Å². The number of hydrogen-bond donors (Lipinski definition) is 2. The molecule has 0 saturated carbocycles. The zero-order chi connectivity index (χ0) is 21.9. The Balaban J connectivity index is 1.47. The van der Waals surface area contributed by atoms with Crippen LogP contribution in [0.5, 0.6) is 0 Å². The summed E-state index contributed by atoms with van der Waals surface area (Å²) >= 11 is 0. The molecule has 0 spiro atoms. The average Bonchev–Trinajstić information content (AvgIpc) is 3.32. The van der Waals surface area contributed by atoms with Gasteiger partial charge in [0.1, 0.15) is 11.5 Å². The Labute approximate surface area is 184 Å². The predicted octanol–water partition coefficient (Wildman–Crippen LogP) is 2.58. The highest BCUT2D eigenvalue weighted by atomic mass is 16.3. The van der Waals surface area contributed by atoms with Crippen molar-refractivity contribution in [1.29, 1.82) is 0 Å². The molecule has 0 unspecified atom stereocenters. The van der Waals surface area contributed by atoms with Crippen molar-refractivity contribution >= 4 is 17.9 Å². The Bertz CT molecular complexity index is 841. The first-order chi connectivity index (χ1) is 15.2. The number of piperazine rings is 1. The van der Waals surface area contributed by atoms with Crippen molar-refractivity contribution in [3.05, 3.63) is 65.7 Å². The van der Waals surface area contributed by atoms with Crippen LogP contribution < -0.4 is 10.6 Å². The molecule has 166 valence electrons. The molecule has 2 aromatic rings. The Kier molecular flexibility index (Phi) is 8.87. The molecule has 1 aliphatic rings. The van der Waals surface area contributed by atoms with Gasteiger partial charge in [0.25, 0.3) is 11.8 Å². The molecule has 0 atom stereocenters. The van der Waals surface area contributed by atoms with Gasteiger partial charge >= 0.3 is 0 Å². The van der Waals surface area contributed by atoms with Gasteiger partial charge in [0.05, 0.1) is 6.26 Å². The Morgan fingerprint density at radius 2 is 1.74 bits per heavy atom. The zero-order valence-electron chi connectivity index (χ0n) is 18.2. The smallest absolute Gasteiger partial charge is 0.267 e. The second-order valence-electron chi connectivity index (χ2n) is 7.63. The number of amides is 2. The van der Waals surface area contributed by atoms with Gasteiger partial charge in [0.2, 0.25) is 0 Å². The maximum absolute atomic E-state index is 12.7. The topological polar surface area (TPSA) is 77.8 Å². The van der Waals surface area contributed by atoms with Crippen LogP contribution in [0.2, 0.25) is 0 Å². The fraction of sp³-hybridized carbons (Fsp3) is 0.417. The zero-order valence-corrected chi connectivity index (χ0v) is 18.2. The van der Waals surface area contributed by atoms with Crippen molar-refractivity contribution in [3.8, 4) is 0 Å². The number of likely N-dealkylation sites (N-methyl/N-ethyl adjacent to an activating group) is 1. The Morgan fingerprint density at radius 3 is 2.42 bits per heavy atom. The summed E-state index contributed by atoms with van der Waals surface area (Å²) < 4.78 is 5.31. The number of carbonyl (C=O) groups excluding carboxylic acids is 2. The first-order valence-corrected chi connectivity index (χ1v) is 11.0. The second-order valence-corrected chi connectivity index (χ2v) is 7.63. The third-order valence-electron chi connectivity index (χ3n) is 5.46. The van der Waals surface area contributed by atoms with Crippen molar-refractivity contribution in [2.45, 2.75) is 19.8 Å². The lowest BCUT2D eigenvalue weighted by Gasteiger charge is -2.33. The van der Waals surface area contributed by atoms with E-state index in [9.17, 15) is 9.59 Å². The molecule has 3 rings (SSSR count). The molecule has 1 saturated heterocycles. The van der Waals surface area contributed by atoms with E-state index in [0.717, 1.165) is 52.1 Å². The van der Waals surface area contributed by atoms with Crippen LogP contribution in [0.25, 0.3) is 6.08 Å². The van der Waals surface area contributed by atoms with Crippen LogP contribution in [0.3, 0.4) is 0 Å². The van der Waals surface area contributed by atoms with Crippen molar-refractivity contribution in [3.63, 3.8) is 0 Å². The predicted molar refractivity (Wildman–Crippen MR) is 121 cm³/mol. The highest BCUT2D eigenvalue weighted by Crippen LogP contribution is 2.08. The third-order valence-corrected chi connectivity index (χ3v) is 5.46. The minimum Gasteiger partial charge on any atom is -0.465 e. The SMILES string of the molecule is CCN1CCN(CCCCNC(=O)/C(=C/c2ccco2)NC(=O)c2ccccc2)CC1. The Hall–Kier alpha value is -2.90. The molecule has 2 amide bonds. The first kappa shape index (κ1) is 22.8. The molecule has 0 aliphatic carbocycles. The number of furan rings is 1. The van der Waals surface area contributed by atoms with E-state index in [0.29, 0.717) is 17.9 Å². The molecule has 2 heterocycles. The average molecular weight is 425 g/mol. The van der Waals surface area contributed by atoms with E-state index in [1.807, 2.05) is 6.07 Å². The van der Waals surface area contributed by atoms with Crippen molar-refractivity contribution < 1.29 is 14.0 Å². The number of hydrogen-bond acceptors (Lipinski definition) is 5. The summed E-state index contributed by atoms with van der Waals surface area (Å²) in [5, 5.41) is 5.63. The maximum Gasteiger partial charge on any atom is 0.267 e. The minimum absolute atomic E-state index is 0.166. The van der Waals surface area contributed by atoms with Gasteiger partial charge in [-0.15, -0.1) is 0 Å². The van der Waals surface area contributed by atoms with Crippen LogP contribution in [-0.4, -0.2) is 67.4 Å². The van der Waals surface area contributed by atoms with Gasteiger partial charge in [-0.25, -0.2) is 0 Å². The third kappa shape index (κ3) is 7.38. The summed E-state index contributed by atoms with van der Waals surface area (Å²) in [6, 6.07) is 12.3. The molecule has 0 radical (unpaired) electrons. The van der Waals surface area contributed by atoms with Crippen LogP contribution in [-0.2, 0) is 4.79 Å². The van der Waals surface area contributed by atoms with Crippen LogP contribution in [0.1, 0.15) is 35.9 Å². The summed E-state index contributed by atoms with van der Waals surface area (Å²) in [5.74, 6) is -0.151.